The summed E-state index contributed by atoms with van der Waals surface area (Å²) in [6, 6.07) is 17.4. The average molecular weight is 427 g/mol. The number of aliphatic hydroxyl groups is 1. The average Bonchev–Trinajstić information content (AvgIpc) is 2.84. The molecule has 0 aliphatic heterocycles. The van der Waals surface area contributed by atoms with Crippen molar-refractivity contribution in [1.82, 2.24) is 4.98 Å². The van der Waals surface area contributed by atoms with E-state index in [1.165, 1.54) is 6.92 Å². The van der Waals surface area contributed by atoms with Crippen LogP contribution in [0.3, 0.4) is 0 Å². The van der Waals surface area contributed by atoms with Crippen LogP contribution in [-0.2, 0) is 0 Å². The summed E-state index contributed by atoms with van der Waals surface area (Å²) < 4.78 is 5.62. The number of carbonyl (C=O) groups excluding carboxylic acids is 1. The van der Waals surface area contributed by atoms with Gasteiger partial charge in [-0.2, -0.15) is 5.26 Å². The predicted molar refractivity (Wildman–Crippen MR) is 129 cm³/mol. The van der Waals surface area contributed by atoms with E-state index in [9.17, 15) is 4.79 Å². The second-order valence-electron chi connectivity index (χ2n) is 6.69. The number of pyridine rings is 1. The highest BCUT2D eigenvalue weighted by atomic mass is 16.5. The first-order valence-corrected chi connectivity index (χ1v) is 9.97. The zero-order valence-corrected chi connectivity index (χ0v) is 18.7. The number of aromatic nitrogens is 1. The van der Waals surface area contributed by atoms with E-state index >= 15 is 0 Å². The maximum atomic E-state index is 12.4. The van der Waals surface area contributed by atoms with Gasteiger partial charge in [-0.05, 0) is 43.2 Å². The molecule has 2 aromatic carbocycles. The van der Waals surface area contributed by atoms with Crippen LogP contribution in [0.1, 0.15) is 41.0 Å². The Morgan fingerprint density at radius 1 is 1.06 bits per heavy atom. The van der Waals surface area contributed by atoms with Crippen LogP contribution in [0.5, 0.6) is 5.75 Å². The SMILES string of the molecule is C=Cc1c(/C=C\C)nc(-c2ccc(-c3ccc(C#N)cc3)cc2)c(OC)c1C(C)=O.CO. The van der Waals surface area contributed by atoms with Crippen LogP contribution >= 0.6 is 0 Å². The van der Waals surface area contributed by atoms with E-state index in [2.05, 4.69) is 12.6 Å². The predicted octanol–water partition coefficient (Wildman–Crippen LogP) is 5.78. The van der Waals surface area contributed by atoms with Crippen molar-refractivity contribution < 1.29 is 14.6 Å². The maximum absolute atomic E-state index is 12.4. The van der Waals surface area contributed by atoms with Crippen LogP contribution in [0.15, 0.2) is 61.2 Å². The molecule has 0 unspecified atom stereocenters. The molecule has 3 rings (SSSR count). The molecule has 0 bridgehead atoms. The summed E-state index contributed by atoms with van der Waals surface area (Å²) in [4.78, 5) is 17.2. The number of methoxy groups -OCH3 is 1. The molecule has 0 fully saturated rings. The number of ether oxygens (including phenoxy) is 1. The highest BCUT2D eigenvalue weighted by molar-refractivity contribution is 6.03. The molecule has 0 saturated heterocycles. The van der Waals surface area contributed by atoms with Crippen LogP contribution in [0, 0.1) is 11.3 Å². The zero-order chi connectivity index (χ0) is 23.7. The van der Waals surface area contributed by atoms with Crippen molar-refractivity contribution in [2.24, 2.45) is 0 Å². The lowest BCUT2D eigenvalue weighted by Gasteiger charge is -2.17. The molecule has 3 aromatic rings. The van der Waals surface area contributed by atoms with Crippen molar-refractivity contribution >= 4 is 17.9 Å². The monoisotopic (exact) mass is 426 g/mol. The van der Waals surface area contributed by atoms with E-state index in [1.54, 1.807) is 25.3 Å². The summed E-state index contributed by atoms with van der Waals surface area (Å²) in [7, 11) is 2.54. The Morgan fingerprint density at radius 3 is 2.03 bits per heavy atom. The number of ketones is 1. The smallest absolute Gasteiger partial charge is 0.164 e. The number of carbonyl (C=O) groups is 1. The molecular weight excluding hydrogens is 400 g/mol. The van der Waals surface area contributed by atoms with E-state index in [4.69, 9.17) is 20.1 Å². The van der Waals surface area contributed by atoms with E-state index in [0.717, 1.165) is 23.8 Å². The molecule has 162 valence electrons. The first-order chi connectivity index (χ1) is 15.5. The van der Waals surface area contributed by atoms with Gasteiger partial charge >= 0.3 is 0 Å². The molecule has 1 heterocycles. The molecule has 0 radical (unpaired) electrons. The largest absolute Gasteiger partial charge is 0.494 e. The van der Waals surface area contributed by atoms with E-state index in [0.29, 0.717) is 33.8 Å². The lowest BCUT2D eigenvalue weighted by molar-refractivity contribution is 0.101. The van der Waals surface area contributed by atoms with Gasteiger partial charge in [0.15, 0.2) is 11.5 Å². The lowest BCUT2D eigenvalue weighted by Crippen LogP contribution is -2.07. The van der Waals surface area contributed by atoms with Gasteiger partial charge in [0, 0.05) is 18.2 Å². The number of nitriles is 1. The van der Waals surface area contributed by atoms with Crippen LogP contribution in [0.2, 0.25) is 0 Å². The molecule has 0 saturated carbocycles. The van der Waals surface area contributed by atoms with Crippen LogP contribution in [0.25, 0.3) is 34.5 Å². The summed E-state index contributed by atoms with van der Waals surface area (Å²) >= 11 is 0. The topological polar surface area (TPSA) is 83.2 Å². The molecule has 32 heavy (non-hydrogen) atoms. The third-order valence-corrected chi connectivity index (χ3v) is 4.81. The third kappa shape index (κ3) is 5.00. The molecule has 5 heteroatoms. The fourth-order valence-electron chi connectivity index (χ4n) is 3.39. The van der Waals surface area contributed by atoms with Crippen LogP contribution < -0.4 is 4.74 Å². The van der Waals surface area contributed by atoms with Crippen LogP contribution in [-0.4, -0.2) is 30.1 Å². The van der Waals surface area contributed by atoms with Gasteiger partial charge < -0.3 is 9.84 Å². The number of hydrogen-bond acceptors (Lipinski definition) is 5. The highest BCUT2D eigenvalue weighted by Gasteiger charge is 2.22. The zero-order valence-electron chi connectivity index (χ0n) is 18.7. The van der Waals surface area contributed by atoms with Crippen molar-refractivity contribution in [3.8, 4) is 34.2 Å². The van der Waals surface area contributed by atoms with Gasteiger partial charge in [0.05, 0.1) is 30.0 Å². The minimum absolute atomic E-state index is 0.106. The van der Waals surface area contributed by atoms with Crippen molar-refractivity contribution in [3.63, 3.8) is 0 Å². The Morgan fingerprint density at radius 2 is 1.59 bits per heavy atom. The van der Waals surface area contributed by atoms with E-state index in [1.807, 2.05) is 55.5 Å². The van der Waals surface area contributed by atoms with Gasteiger partial charge in [0.1, 0.15) is 5.69 Å². The summed E-state index contributed by atoms with van der Waals surface area (Å²) in [5.41, 5.74) is 5.91. The molecule has 0 amide bonds. The van der Waals surface area contributed by atoms with Crippen LogP contribution in [0.4, 0.5) is 0 Å². The number of rotatable bonds is 6. The van der Waals surface area contributed by atoms with Gasteiger partial charge in [-0.1, -0.05) is 55.1 Å². The van der Waals surface area contributed by atoms with Gasteiger partial charge in [-0.15, -0.1) is 0 Å². The minimum Gasteiger partial charge on any atom is -0.494 e. The number of hydrogen-bond donors (Lipinski definition) is 1. The van der Waals surface area contributed by atoms with Gasteiger partial charge in [-0.3, -0.25) is 4.79 Å². The van der Waals surface area contributed by atoms with Gasteiger partial charge in [-0.25, -0.2) is 4.98 Å². The Bertz CT molecular complexity index is 1170. The Hall–Kier alpha value is -4.01. The normalized spacial score (nSPS) is 10.1. The first kappa shape index (κ1) is 24.3. The van der Waals surface area contributed by atoms with E-state index < -0.39 is 0 Å². The second kappa shape index (κ2) is 11.4. The summed E-state index contributed by atoms with van der Waals surface area (Å²) in [6.07, 6.45) is 5.38. The van der Waals surface area contributed by atoms with Crippen molar-refractivity contribution in [2.75, 3.05) is 14.2 Å². The minimum atomic E-state index is -0.106. The quantitative estimate of drug-likeness (QED) is 0.505. The Balaban J connectivity index is 0.00000176. The maximum Gasteiger partial charge on any atom is 0.164 e. The second-order valence-corrected chi connectivity index (χ2v) is 6.69. The van der Waals surface area contributed by atoms with Gasteiger partial charge in [0.25, 0.3) is 0 Å². The molecule has 1 aromatic heterocycles. The molecular formula is C27H26N2O3. The standard InChI is InChI=1S/C26H22N2O2.CH4O/c1-5-7-23-22(6-2)24(17(3)29)26(30-4)25(28-23)21-14-12-20(13-15-21)19-10-8-18(16-27)9-11-19;1-2/h5-15H,2H2,1,3-4H3;2H,1H3/b7-5-;. The Kier molecular flexibility index (Phi) is 8.64. The first-order valence-electron chi connectivity index (χ1n) is 9.97. The fraction of sp³-hybridized carbons (Fsp3) is 0.148. The third-order valence-electron chi connectivity index (χ3n) is 4.81. The molecule has 0 aliphatic carbocycles. The Labute approximate surface area is 189 Å². The highest BCUT2D eigenvalue weighted by Crippen LogP contribution is 2.37. The number of Topliss-reactive ketones (excluding diaryl/α,β-unsaturated/α-hetero) is 1. The number of aliphatic hydroxyl groups excluding tert-OH is 1. The fourth-order valence-corrected chi connectivity index (χ4v) is 3.39. The summed E-state index contributed by atoms with van der Waals surface area (Å²) in [6.45, 7) is 7.27. The van der Waals surface area contributed by atoms with E-state index in [-0.39, 0.29) is 5.78 Å². The lowest BCUT2D eigenvalue weighted by atomic mass is 9.96. The van der Waals surface area contributed by atoms with Crippen molar-refractivity contribution in [3.05, 3.63) is 83.6 Å². The van der Waals surface area contributed by atoms with Crippen molar-refractivity contribution in [2.45, 2.75) is 13.8 Å². The molecule has 0 aliphatic rings. The molecule has 0 spiro atoms. The molecule has 5 nitrogen and oxygen atoms in total. The number of nitrogens with zero attached hydrogens (tertiary/aromatic N) is 2. The summed E-state index contributed by atoms with van der Waals surface area (Å²) in [5, 5.41) is 16.0. The van der Waals surface area contributed by atoms with Gasteiger partial charge in [0.2, 0.25) is 0 Å². The molecule has 1 N–H and O–H groups in total. The number of allylic oxidation sites excluding steroid dienone is 1. The van der Waals surface area contributed by atoms with Crippen molar-refractivity contribution in [1.29, 1.82) is 5.26 Å². The molecule has 0 atom stereocenters. The number of benzene rings is 2. The summed E-state index contributed by atoms with van der Waals surface area (Å²) in [5.74, 6) is 0.335.